The number of amides is 1. The van der Waals surface area contributed by atoms with Crippen LogP contribution in [0.3, 0.4) is 0 Å². The summed E-state index contributed by atoms with van der Waals surface area (Å²) in [6.07, 6.45) is -4.79. The number of fused-ring (bicyclic) bond motifs is 1. The smallest absolute Gasteiger partial charge is 0.406 e. The van der Waals surface area contributed by atoms with Crippen LogP contribution in [0.1, 0.15) is 16.2 Å². The van der Waals surface area contributed by atoms with Gasteiger partial charge in [0.25, 0.3) is 5.91 Å². The van der Waals surface area contributed by atoms with Gasteiger partial charge in [-0.1, -0.05) is 16.5 Å². The fraction of sp³-hybridized carbons (Fsp3) is 0.421. The molecule has 1 aliphatic rings. The number of ether oxygens (including phenoxy) is 2. The van der Waals surface area contributed by atoms with Crippen LogP contribution in [-0.2, 0) is 4.74 Å². The number of aromatic nitrogens is 2. The molecule has 0 atom stereocenters. The molecule has 1 fully saturated rings. The second-order valence-corrected chi connectivity index (χ2v) is 7.92. The molecule has 1 aliphatic heterocycles. The lowest BCUT2D eigenvalue weighted by molar-refractivity contribution is -0.274. The van der Waals surface area contributed by atoms with E-state index in [9.17, 15) is 18.0 Å². The zero-order valence-electron chi connectivity index (χ0n) is 16.5. The van der Waals surface area contributed by atoms with Gasteiger partial charge in [-0.25, -0.2) is 4.98 Å². The van der Waals surface area contributed by atoms with Crippen molar-refractivity contribution in [2.24, 2.45) is 0 Å². The summed E-state index contributed by atoms with van der Waals surface area (Å²) in [4.78, 5) is 21.2. The van der Waals surface area contributed by atoms with Gasteiger partial charge < -0.3 is 14.0 Å². The second kappa shape index (κ2) is 8.81. The molecule has 31 heavy (non-hydrogen) atoms. The van der Waals surface area contributed by atoms with E-state index in [1.807, 2.05) is 0 Å². The Morgan fingerprint density at radius 3 is 2.74 bits per heavy atom. The summed E-state index contributed by atoms with van der Waals surface area (Å²) in [6, 6.07) is 5.42. The van der Waals surface area contributed by atoms with Crippen LogP contribution in [0.5, 0.6) is 5.75 Å². The monoisotopic (exact) mass is 456 g/mol. The van der Waals surface area contributed by atoms with E-state index >= 15 is 0 Å². The third-order valence-corrected chi connectivity index (χ3v) is 5.69. The Labute approximate surface area is 179 Å². The van der Waals surface area contributed by atoms with Crippen molar-refractivity contribution in [1.29, 1.82) is 0 Å². The quantitative estimate of drug-likeness (QED) is 0.562. The van der Waals surface area contributed by atoms with Crippen molar-refractivity contribution < 1.29 is 32.0 Å². The zero-order chi connectivity index (χ0) is 22.0. The van der Waals surface area contributed by atoms with E-state index in [0.29, 0.717) is 47.4 Å². The number of alkyl halides is 3. The topological polar surface area (TPSA) is 80.9 Å². The standard InChI is InChI=1S/C19H19F3N4O4S/c1-12-10-15(24-30-12)17(27)26(5-4-25-6-8-28-9-7-25)18-23-14-3-2-13(11-16(14)31-18)29-19(20,21)22/h2-3,10-11H,4-9H2,1H3. The maximum Gasteiger partial charge on any atom is 0.573 e. The van der Waals surface area contributed by atoms with Crippen LogP contribution in [0.2, 0.25) is 0 Å². The van der Waals surface area contributed by atoms with Crippen LogP contribution in [-0.4, -0.2) is 66.7 Å². The average molecular weight is 456 g/mol. The highest BCUT2D eigenvalue weighted by molar-refractivity contribution is 7.22. The summed E-state index contributed by atoms with van der Waals surface area (Å²) in [7, 11) is 0. The predicted molar refractivity (Wildman–Crippen MR) is 106 cm³/mol. The molecule has 8 nitrogen and oxygen atoms in total. The number of aryl methyl sites for hydroxylation is 1. The van der Waals surface area contributed by atoms with Crippen LogP contribution >= 0.6 is 11.3 Å². The Hall–Kier alpha value is -2.70. The molecule has 3 aromatic rings. The highest BCUT2D eigenvalue weighted by Crippen LogP contribution is 2.33. The Balaban J connectivity index is 1.61. The number of nitrogens with zero attached hydrogens (tertiary/aromatic N) is 4. The summed E-state index contributed by atoms with van der Waals surface area (Å²) in [6.45, 7) is 5.35. The summed E-state index contributed by atoms with van der Waals surface area (Å²) in [5.74, 6) is -0.237. The highest BCUT2D eigenvalue weighted by Gasteiger charge is 2.31. The van der Waals surface area contributed by atoms with Gasteiger partial charge in [-0.2, -0.15) is 0 Å². The Morgan fingerprint density at radius 1 is 1.29 bits per heavy atom. The van der Waals surface area contributed by atoms with Crippen molar-refractivity contribution in [3.8, 4) is 5.75 Å². The largest absolute Gasteiger partial charge is 0.573 e. The molecule has 0 saturated carbocycles. The summed E-state index contributed by atoms with van der Waals surface area (Å²) >= 11 is 1.11. The van der Waals surface area contributed by atoms with Gasteiger partial charge in [0.15, 0.2) is 10.8 Å². The Kier molecular flexibility index (Phi) is 6.12. The van der Waals surface area contributed by atoms with E-state index in [-0.39, 0.29) is 11.4 Å². The number of benzene rings is 1. The molecule has 4 rings (SSSR count). The minimum Gasteiger partial charge on any atom is -0.406 e. The molecule has 1 saturated heterocycles. The molecule has 0 radical (unpaired) electrons. The van der Waals surface area contributed by atoms with E-state index in [1.165, 1.54) is 29.2 Å². The van der Waals surface area contributed by atoms with Crippen molar-refractivity contribution in [2.45, 2.75) is 13.3 Å². The normalized spacial score (nSPS) is 15.4. The van der Waals surface area contributed by atoms with E-state index in [1.54, 1.807) is 6.92 Å². The number of thiazole rings is 1. The van der Waals surface area contributed by atoms with Gasteiger partial charge >= 0.3 is 6.36 Å². The molecule has 1 aromatic carbocycles. The summed E-state index contributed by atoms with van der Waals surface area (Å²) in [5, 5.41) is 4.16. The average Bonchev–Trinajstić information content (AvgIpc) is 3.33. The number of halogens is 3. The number of morpholine rings is 1. The fourth-order valence-electron chi connectivity index (χ4n) is 3.16. The van der Waals surface area contributed by atoms with Crippen LogP contribution in [0.25, 0.3) is 10.2 Å². The van der Waals surface area contributed by atoms with E-state index in [2.05, 4.69) is 19.8 Å². The van der Waals surface area contributed by atoms with Crippen LogP contribution in [0.4, 0.5) is 18.3 Å². The Morgan fingerprint density at radius 2 is 2.06 bits per heavy atom. The number of rotatable bonds is 6. The molecular formula is C19H19F3N4O4S. The lowest BCUT2D eigenvalue weighted by Crippen LogP contribution is -2.43. The van der Waals surface area contributed by atoms with Crippen LogP contribution in [0.15, 0.2) is 28.8 Å². The Bertz CT molecular complexity index is 1060. The van der Waals surface area contributed by atoms with Gasteiger partial charge in [0, 0.05) is 38.3 Å². The number of anilines is 1. The van der Waals surface area contributed by atoms with Gasteiger partial charge in [-0.05, 0) is 19.1 Å². The van der Waals surface area contributed by atoms with Gasteiger partial charge in [0.2, 0.25) is 0 Å². The number of carbonyl (C=O) groups is 1. The molecule has 12 heteroatoms. The van der Waals surface area contributed by atoms with Crippen molar-refractivity contribution in [3.63, 3.8) is 0 Å². The SMILES string of the molecule is Cc1cc(C(=O)N(CCN2CCOCC2)c2nc3ccc(OC(F)(F)F)cc3s2)no1. The summed E-state index contributed by atoms with van der Waals surface area (Å²) < 4.78 is 52.4. The van der Waals surface area contributed by atoms with Crippen molar-refractivity contribution in [2.75, 3.05) is 44.3 Å². The number of carbonyl (C=O) groups excluding carboxylic acids is 1. The molecular weight excluding hydrogens is 437 g/mol. The summed E-state index contributed by atoms with van der Waals surface area (Å²) in [5.41, 5.74) is 0.606. The lowest BCUT2D eigenvalue weighted by Gasteiger charge is -2.28. The lowest BCUT2D eigenvalue weighted by atomic mass is 10.3. The third-order valence-electron chi connectivity index (χ3n) is 4.65. The molecule has 0 spiro atoms. The number of hydrogen-bond acceptors (Lipinski definition) is 8. The zero-order valence-corrected chi connectivity index (χ0v) is 17.3. The minimum absolute atomic E-state index is 0.139. The molecule has 2 aromatic heterocycles. The molecule has 0 aliphatic carbocycles. The first kappa shape index (κ1) is 21.5. The minimum atomic E-state index is -4.79. The highest BCUT2D eigenvalue weighted by atomic mass is 32.1. The first-order valence-corrected chi connectivity index (χ1v) is 10.3. The third kappa shape index (κ3) is 5.32. The van der Waals surface area contributed by atoms with Gasteiger partial charge in [0.05, 0.1) is 23.4 Å². The van der Waals surface area contributed by atoms with Crippen molar-refractivity contribution in [3.05, 3.63) is 35.7 Å². The number of hydrogen-bond donors (Lipinski definition) is 0. The van der Waals surface area contributed by atoms with Crippen LogP contribution < -0.4 is 9.64 Å². The maximum atomic E-state index is 13.1. The first-order chi connectivity index (χ1) is 14.8. The molecule has 0 bridgehead atoms. The van der Waals surface area contributed by atoms with Crippen LogP contribution in [0, 0.1) is 6.92 Å². The van der Waals surface area contributed by atoms with Crippen molar-refractivity contribution >= 4 is 32.6 Å². The predicted octanol–water partition coefficient (Wildman–Crippen LogP) is 3.47. The van der Waals surface area contributed by atoms with E-state index < -0.39 is 12.3 Å². The van der Waals surface area contributed by atoms with Gasteiger partial charge in [0.1, 0.15) is 11.5 Å². The molecule has 1 amide bonds. The van der Waals surface area contributed by atoms with E-state index in [4.69, 9.17) is 9.26 Å². The second-order valence-electron chi connectivity index (χ2n) is 6.91. The molecule has 0 N–H and O–H groups in total. The molecule has 3 heterocycles. The van der Waals surface area contributed by atoms with E-state index in [0.717, 1.165) is 24.4 Å². The maximum absolute atomic E-state index is 13.1. The van der Waals surface area contributed by atoms with Gasteiger partial charge in [-0.3, -0.25) is 14.6 Å². The first-order valence-electron chi connectivity index (χ1n) is 9.50. The fourth-order valence-corrected chi connectivity index (χ4v) is 4.18. The molecule has 166 valence electrons. The van der Waals surface area contributed by atoms with Crippen molar-refractivity contribution in [1.82, 2.24) is 15.0 Å². The van der Waals surface area contributed by atoms with Gasteiger partial charge in [-0.15, -0.1) is 13.2 Å². The molecule has 0 unspecified atom stereocenters.